The first kappa shape index (κ1) is 14.1. The monoisotopic (exact) mass is 303 g/mol. The highest BCUT2D eigenvalue weighted by Crippen LogP contribution is 2.33. The molecule has 1 aliphatic rings. The van der Waals surface area contributed by atoms with E-state index in [0.717, 1.165) is 16.9 Å². The van der Waals surface area contributed by atoms with Crippen LogP contribution < -0.4 is 10.1 Å². The number of methoxy groups -OCH3 is 1. The minimum atomic E-state index is -3.17. The molecular weight excluding hydrogens is 286 g/mol. The summed E-state index contributed by atoms with van der Waals surface area (Å²) in [5.41, 5.74) is 1.87. The highest BCUT2D eigenvalue weighted by molar-refractivity contribution is 7.91. The van der Waals surface area contributed by atoms with Crippen LogP contribution in [0.25, 0.3) is 0 Å². The molecule has 21 heavy (non-hydrogen) atoms. The topological polar surface area (TPSA) is 55.4 Å². The van der Waals surface area contributed by atoms with Crippen molar-refractivity contribution in [2.45, 2.75) is 17.5 Å². The quantitative estimate of drug-likeness (QED) is 0.942. The number of sulfone groups is 1. The van der Waals surface area contributed by atoms with Gasteiger partial charge in [0.15, 0.2) is 9.84 Å². The summed E-state index contributed by atoms with van der Waals surface area (Å²) in [5, 5.41) is 3.33. The zero-order valence-electron chi connectivity index (χ0n) is 11.7. The molecule has 1 aliphatic heterocycles. The molecule has 110 valence electrons. The molecule has 2 aromatic carbocycles. The fourth-order valence-electron chi connectivity index (χ4n) is 2.70. The number of fused-ring (bicyclic) bond motifs is 1. The van der Waals surface area contributed by atoms with Crippen molar-refractivity contribution in [2.24, 2.45) is 0 Å². The number of para-hydroxylation sites is 1. The first-order valence-electron chi connectivity index (χ1n) is 6.79. The molecule has 0 radical (unpaired) electrons. The van der Waals surface area contributed by atoms with Crippen LogP contribution in [0.4, 0.5) is 0 Å². The third-order valence-electron chi connectivity index (χ3n) is 3.75. The Labute approximate surface area is 124 Å². The summed E-state index contributed by atoms with van der Waals surface area (Å²) in [6.45, 7) is 0.568. The van der Waals surface area contributed by atoms with Gasteiger partial charge in [0, 0.05) is 18.2 Å². The molecule has 0 saturated carbocycles. The maximum absolute atomic E-state index is 12.1. The van der Waals surface area contributed by atoms with E-state index < -0.39 is 9.84 Å². The van der Waals surface area contributed by atoms with Gasteiger partial charge < -0.3 is 10.1 Å². The molecule has 3 rings (SSSR count). The van der Waals surface area contributed by atoms with Crippen LogP contribution in [-0.2, 0) is 16.4 Å². The van der Waals surface area contributed by atoms with E-state index in [0.29, 0.717) is 11.4 Å². The van der Waals surface area contributed by atoms with Gasteiger partial charge in [-0.2, -0.15) is 0 Å². The van der Waals surface area contributed by atoms with Gasteiger partial charge in [-0.1, -0.05) is 36.4 Å². The largest absolute Gasteiger partial charge is 0.496 e. The van der Waals surface area contributed by atoms with Gasteiger partial charge in [-0.3, -0.25) is 0 Å². The summed E-state index contributed by atoms with van der Waals surface area (Å²) in [6, 6.07) is 14.7. The Kier molecular flexibility index (Phi) is 3.69. The van der Waals surface area contributed by atoms with Crippen molar-refractivity contribution in [2.75, 3.05) is 12.9 Å². The molecule has 0 spiro atoms. The molecular formula is C16H17NO3S. The van der Waals surface area contributed by atoms with Gasteiger partial charge in [0.1, 0.15) is 5.75 Å². The summed E-state index contributed by atoms with van der Waals surface area (Å²) < 4.78 is 29.6. The highest BCUT2D eigenvalue weighted by Gasteiger charge is 2.33. The molecule has 1 N–H and O–H groups in total. The van der Waals surface area contributed by atoms with Crippen LogP contribution in [0.5, 0.6) is 5.75 Å². The Morgan fingerprint density at radius 1 is 1.14 bits per heavy atom. The van der Waals surface area contributed by atoms with Crippen LogP contribution in [0, 0.1) is 0 Å². The average Bonchev–Trinajstić information content (AvgIpc) is 2.77. The first-order valence-corrected chi connectivity index (χ1v) is 8.44. The second-order valence-electron chi connectivity index (χ2n) is 5.06. The molecule has 2 aromatic rings. The minimum absolute atomic E-state index is 0.113. The molecule has 1 unspecified atom stereocenters. The van der Waals surface area contributed by atoms with Crippen LogP contribution in [-0.4, -0.2) is 21.3 Å². The second-order valence-corrected chi connectivity index (χ2v) is 7.07. The molecule has 0 aromatic heterocycles. The lowest BCUT2D eigenvalue weighted by Crippen LogP contribution is -2.22. The number of rotatable bonds is 4. The van der Waals surface area contributed by atoms with Gasteiger partial charge in [0.2, 0.25) is 0 Å². The summed E-state index contributed by atoms with van der Waals surface area (Å²) in [5.74, 6) is 0.917. The normalized spacial score (nSPS) is 19.2. The van der Waals surface area contributed by atoms with E-state index >= 15 is 0 Å². The van der Waals surface area contributed by atoms with E-state index in [1.54, 1.807) is 19.2 Å². The summed E-state index contributed by atoms with van der Waals surface area (Å²) in [6.07, 6.45) is 0. The molecule has 1 heterocycles. The smallest absolute Gasteiger partial charge is 0.180 e. The maximum Gasteiger partial charge on any atom is 0.180 e. The Balaban J connectivity index is 1.81. The molecule has 0 fully saturated rings. The Morgan fingerprint density at radius 2 is 1.86 bits per heavy atom. The van der Waals surface area contributed by atoms with Crippen molar-refractivity contribution >= 4 is 9.84 Å². The SMILES string of the molecule is COc1ccccc1CNC1CS(=O)(=O)c2ccccc21. The predicted octanol–water partition coefficient (Wildman–Crippen LogP) is 2.31. The van der Waals surface area contributed by atoms with Gasteiger partial charge in [-0.05, 0) is 17.7 Å². The molecule has 0 aliphatic carbocycles. The van der Waals surface area contributed by atoms with Gasteiger partial charge >= 0.3 is 0 Å². The fourth-order valence-corrected chi connectivity index (χ4v) is 4.47. The van der Waals surface area contributed by atoms with E-state index in [1.807, 2.05) is 36.4 Å². The van der Waals surface area contributed by atoms with Crippen molar-refractivity contribution in [3.63, 3.8) is 0 Å². The standard InChI is InChI=1S/C16H17NO3S/c1-20-15-8-4-2-6-12(15)10-17-14-11-21(18,19)16-9-5-3-7-13(14)16/h2-9,14,17H,10-11H2,1H3. The third-order valence-corrected chi connectivity index (χ3v) is 5.56. The van der Waals surface area contributed by atoms with Gasteiger partial charge in [-0.25, -0.2) is 8.42 Å². The highest BCUT2D eigenvalue weighted by atomic mass is 32.2. The van der Waals surface area contributed by atoms with Crippen molar-refractivity contribution in [3.05, 3.63) is 59.7 Å². The third kappa shape index (κ3) is 2.66. The zero-order valence-corrected chi connectivity index (χ0v) is 12.6. The second kappa shape index (κ2) is 5.50. The van der Waals surface area contributed by atoms with E-state index in [2.05, 4.69) is 5.32 Å². The summed E-state index contributed by atoms with van der Waals surface area (Å²) in [7, 11) is -1.54. The fraction of sp³-hybridized carbons (Fsp3) is 0.250. The Hall–Kier alpha value is -1.85. The zero-order chi connectivity index (χ0) is 14.9. The lowest BCUT2D eigenvalue weighted by molar-refractivity contribution is 0.406. The summed E-state index contributed by atoms with van der Waals surface area (Å²) in [4.78, 5) is 0.447. The molecule has 0 saturated heterocycles. The Morgan fingerprint density at radius 3 is 2.67 bits per heavy atom. The number of ether oxygens (including phenoxy) is 1. The van der Waals surface area contributed by atoms with Crippen molar-refractivity contribution in [1.82, 2.24) is 5.32 Å². The molecule has 1 atom stereocenters. The van der Waals surface area contributed by atoms with Crippen molar-refractivity contribution in [3.8, 4) is 5.75 Å². The molecule has 4 nitrogen and oxygen atoms in total. The van der Waals surface area contributed by atoms with Gasteiger partial charge in [0.25, 0.3) is 0 Å². The van der Waals surface area contributed by atoms with E-state index in [4.69, 9.17) is 4.74 Å². The van der Waals surface area contributed by atoms with E-state index in [-0.39, 0.29) is 11.8 Å². The van der Waals surface area contributed by atoms with E-state index in [9.17, 15) is 8.42 Å². The average molecular weight is 303 g/mol. The van der Waals surface area contributed by atoms with Gasteiger partial charge in [0.05, 0.1) is 17.8 Å². The lowest BCUT2D eigenvalue weighted by Gasteiger charge is -2.14. The summed E-state index contributed by atoms with van der Waals surface area (Å²) >= 11 is 0. The van der Waals surface area contributed by atoms with Gasteiger partial charge in [-0.15, -0.1) is 0 Å². The van der Waals surface area contributed by atoms with Crippen LogP contribution in [0.1, 0.15) is 17.2 Å². The minimum Gasteiger partial charge on any atom is -0.496 e. The van der Waals surface area contributed by atoms with Crippen molar-refractivity contribution in [1.29, 1.82) is 0 Å². The van der Waals surface area contributed by atoms with Crippen LogP contribution >= 0.6 is 0 Å². The number of nitrogens with one attached hydrogen (secondary N) is 1. The van der Waals surface area contributed by atoms with Crippen molar-refractivity contribution < 1.29 is 13.2 Å². The first-order chi connectivity index (χ1) is 10.1. The van der Waals surface area contributed by atoms with E-state index in [1.165, 1.54) is 0 Å². The molecule has 0 bridgehead atoms. The maximum atomic E-state index is 12.1. The van der Waals surface area contributed by atoms with Crippen LogP contribution in [0.15, 0.2) is 53.4 Å². The number of hydrogen-bond donors (Lipinski definition) is 1. The molecule has 5 heteroatoms. The van der Waals surface area contributed by atoms with Crippen LogP contribution in [0.2, 0.25) is 0 Å². The van der Waals surface area contributed by atoms with Crippen LogP contribution in [0.3, 0.4) is 0 Å². The Bertz CT molecular complexity index is 756. The number of benzene rings is 2. The number of hydrogen-bond acceptors (Lipinski definition) is 4. The lowest BCUT2D eigenvalue weighted by atomic mass is 10.1. The predicted molar refractivity (Wildman–Crippen MR) is 81.1 cm³/mol. The molecule has 0 amide bonds.